The Balaban J connectivity index is 1.86. The maximum atomic E-state index is 12.1. The molecule has 0 radical (unpaired) electrons. The molecule has 0 saturated heterocycles. The van der Waals surface area contributed by atoms with Crippen LogP contribution in [0.5, 0.6) is 0 Å². The van der Waals surface area contributed by atoms with Gasteiger partial charge in [-0.15, -0.1) is 0 Å². The molecule has 1 amide bonds. The average molecular weight is 264 g/mol. The van der Waals surface area contributed by atoms with Crippen molar-refractivity contribution in [2.24, 2.45) is 0 Å². The minimum absolute atomic E-state index is 0.0834. The Kier molecular flexibility index (Phi) is 3.25. The second-order valence-electron chi connectivity index (χ2n) is 4.70. The van der Waals surface area contributed by atoms with Gasteiger partial charge in [0.05, 0.1) is 0 Å². The zero-order chi connectivity index (χ0) is 13.9. The minimum atomic E-state index is -0.0834. The van der Waals surface area contributed by atoms with Gasteiger partial charge in [-0.1, -0.05) is 18.2 Å². The van der Waals surface area contributed by atoms with Gasteiger partial charge >= 0.3 is 0 Å². The van der Waals surface area contributed by atoms with Crippen LogP contribution in [0.25, 0.3) is 10.9 Å². The number of nitrogens with one attached hydrogen (secondary N) is 1. The topological polar surface area (TPSA) is 34.0 Å². The highest BCUT2D eigenvalue weighted by Crippen LogP contribution is 2.21. The Hall–Kier alpha value is -2.55. The summed E-state index contributed by atoms with van der Waals surface area (Å²) in [5, 5.41) is 4.07. The summed E-state index contributed by atoms with van der Waals surface area (Å²) in [6, 6.07) is 17.3. The lowest BCUT2D eigenvalue weighted by Gasteiger charge is -2.06. The number of fused-ring (bicyclic) bond motifs is 1. The van der Waals surface area contributed by atoms with E-state index in [2.05, 4.69) is 29.1 Å². The molecule has 2 aromatic carbocycles. The lowest BCUT2D eigenvalue weighted by Crippen LogP contribution is -2.11. The molecule has 3 heteroatoms. The molecule has 0 unspecified atom stereocenters. The van der Waals surface area contributed by atoms with E-state index in [0.717, 1.165) is 17.6 Å². The minimum Gasteiger partial charge on any atom is -0.348 e. The van der Waals surface area contributed by atoms with Gasteiger partial charge in [-0.05, 0) is 43.3 Å². The number of rotatable bonds is 3. The third kappa shape index (κ3) is 2.30. The highest BCUT2D eigenvalue weighted by Gasteiger charge is 2.06. The molecule has 1 N–H and O–H groups in total. The lowest BCUT2D eigenvalue weighted by atomic mass is 10.2. The van der Waals surface area contributed by atoms with Crippen molar-refractivity contribution >= 4 is 22.5 Å². The molecule has 3 rings (SSSR count). The molecule has 0 bridgehead atoms. The van der Waals surface area contributed by atoms with Crippen molar-refractivity contribution in [1.82, 2.24) is 4.57 Å². The summed E-state index contributed by atoms with van der Waals surface area (Å²) in [5.41, 5.74) is 2.67. The largest absolute Gasteiger partial charge is 0.348 e. The van der Waals surface area contributed by atoms with Gasteiger partial charge in [0.25, 0.3) is 5.91 Å². The number of aryl methyl sites for hydroxylation is 1. The fourth-order valence-corrected chi connectivity index (χ4v) is 2.35. The normalized spacial score (nSPS) is 10.7. The number of anilines is 1. The second-order valence-corrected chi connectivity index (χ2v) is 4.70. The van der Waals surface area contributed by atoms with E-state index < -0.39 is 0 Å². The number of benzene rings is 2. The molecule has 20 heavy (non-hydrogen) atoms. The third-order valence-electron chi connectivity index (χ3n) is 3.41. The van der Waals surface area contributed by atoms with E-state index in [-0.39, 0.29) is 5.91 Å². The molecular weight excluding hydrogens is 248 g/mol. The SMILES string of the molecule is CCn1ccc2cc(NC(=O)c3ccccc3)ccc21. The molecule has 0 spiro atoms. The fourth-order valence-electron chi connectivity index (χ4n) is 2.35. The predicted octanol–water partition coefficient (Wildman–Crippen LogP) is 3.91. The van der Waals surface area contributed by atoms with E-state index in [1.54, 1.807) is 12.1 Å². The predicted molar refractivity (Wildman–Crippen MR) is 82.0 cm³/mol. The van der Waals surface area contributed by atoms with Crippen LogP contribution in [0.15, 0.2) is 60.8 Å². The van der Waals surface area contributed by atoms with Crippen molar-refractivity contribution < 1.29 is 4.79 Å². The summed E-state index contributed by atoms with van der Waals surface area (Å²) < 4.78 is 2.18. The maximum absolute atomic E-state index is 12.1. The van der Waals surface area contributed by atoms with Gasteiger partial charge in [-0.2, -0.15) is 0 Å². The molecule has 0 aliphatic carbocycles. The number of amides is 1. The van der Waals surface area contributed by atoms with Crippen LogP contribution in [-0.2, 0) is 6.54 Å². The van der Waals surface area contributed by atoms with Crippen LogP contribution in [0.2, 0.25) is 0 Å². The van der Waals surface area contributed by atoms with E-state index in [1.807, 2.05) is 36.4 Å². The highest BCUT2D eigenvalue weighted by atomic mass is 16.1. The van der Waals surface area contributed by atoms with E-state index in [1.165, 1.54) is 5.52 Å². The van der Waals surface area contributed by atoms with Gasteiger partial charge in [0, 0.05) is 34.9 Å². The van der Waals surface area contributed by atoms with Crippen molar-refractivity contribution in [2.45, 2.75) is 13.5 Å². The fraction of sp³-hybridized carbons (Fsp3) is 0.118. The Morgan fingerprint density at radius 2 is 1.90 bits per heavy atom. The van der Waals surface area contributed by atoms with E-state index in [0.29, 0.717) is 5.56 Å². The standard InChI is InChI=1S/C17H16N2O/c1-2-19-11-10-14-12-15(8-9-16(14)19)18-17(20)13-6-4-3-5-7-13/h3-12H,2H2,1H3,(H,18,20). The number of nitrogens with zero attached hydrogens (tertiary/aromatic N) is 1. The third-order valence-corrected chi connectivity index (χ3v) is 3.41. The van der Waals surface area contributed by atoms with E-state index in [9.17, 15) is 4.79 Å². The smallest absolute Gasteiger partial charge is 0.255 e. The molecule has 0 atom stereocenters. The average Bonchev–Trinajstić information content (AvgIpc) is 2.90. The van der Waals surface area contributed by atoms with Gasteiger partial charge in [0.2, 0.25) is 0 Å². The summed E-state index contributed by atoms with van der Waals surface area (Å²) in [6.45, 7) is 3.06. The summed E-state index contributed by atoms with van der Waals surface area (Å²) in [7, 11) is 0. The Morgan fingerprint density at radius 3 is 2.65 bits per heavy atom. The van der Waals surface area contributed by atoms with Crippen LogP contribution in [0, 0.1) is 0 Å². The molecule has 3 nitrogen and oxygen atoms in total. The molecule has 0 fully saturated rings. The molecule has 0 saturated carbocycles. The number of hydrogen-bond donors (Lipinski definition) is 1. The van der Waals surface area contributed by atoms with Gasteiger partial charge in [0.15, 0.2) is 0 Å². The van der Waals surface area contributed by atoms with Gasteiger partial charge in [-0.25, -0.2) is 0 Å². The van der Waals surface area contributed by atoms with Crippen LogP contribution >= 0.6 is 0 Å². The Labute approximate surface area is 117 Å². The number of aromatic nitrogens is 1. The molecular formula is C17H16N2O. The summed E-state index contributed by atoms with van der Waals surface area (Å²) in [4.78, 5) is 12.1. The molecule has 1 aromatic heterocycles. The van der Waals surface area contributed by atoms with Crippen LogP contribution in [0.3, 0.4) is 0 Å². The molecule has 3 aromatic rings. The van der Waals surface area contributed by atoms with Crippen LogP contribution in [0.1, 0.15) is 17.3 Å². The van der Waals surface area contributed by atoms with Gasteiger partial charge < -0.3 is 9.88 Å². The molecule has 100 valence electrons. The summed E-state index contributed by atoms with van der Waals surface area (Å²) >= 11 is 0. The maximum Gasteiger partial charge on any atom is 0.255 e. The van der Waals surface area contributed by atoms with Crippen molar-refractivity contribution in [3.05, 3.63) is 66.4 Å². The second kappa shape index (κ2) is 5.21. The van der Waals surface area contributed by atoms with Crippen molar-refractivity contribution in [2.75, 3.05) is 5.32 Å². The summed E-state index contributed by atoms with van der Waals surface area (Å²) in [6.07, 6.45) is 2.06. The lowest BCUT2D eigenvalue weighted by molar-refractivity contribution is 0.102. The van der Waals surface area contributed by atoms with E-state index >= 15 is 0 Å². The first-order valence-electron chi connectivity index (χ1n) is 6.73. The van der Waals surface area contributed by atoms with Gasteiger partial charge in [0.1, 0.15) is 0 Å². The first kappa shape index (κ1) is 12.5. The molecule has 1 heterocycles. The molecule has 0 aliphatic rings. The van der Waals surface area contributed by atoms with Crippen molar-refractivity contribution in [3.63, 3.8) is 0 Å². The number of hydrogen-bond acceptors (Lipinski definition) is 1. The van der Waals surface area contributed by atoms with Crippen molar-refractivity contribution in [3.8, 4) is 0 Å². The van der Waals surface area contributed by atoms with Crippen LogP contribution in [-0.4, -0.2) is 10.5 Å². The Bertz CT molecular complexity index is 744. The van der Waals surface area contributed by atoms with Crippen LogP contribution < -0.4 is 5.32 Å². The Morgan fingerprint density at radius 1 is 1.10 bits per heavy atom. The first-order chi connectivity index (χ1) is 9.78. The van der Waals surface area contributed by atoms with Crippen LogP contribution in [0.4, 0.5) is 5.69 Å². The first-order valence-corrected chi connectivity index (χ1v) is 6.73. The van der Waals surface area contributed by atoms with Gasteiger partial charge in [-0.3, -0.25) is 4.79 Å². The number of carbonyl (C=O) groups excluding carboxylic acids is 1. The zero-order valence-electron chi connectivity index (χ0n) is 11.3. The molecule has 0 aliphatic heterocycles. The zero-order valence-corrected chi connectivity index (χ0v) is 11.3. The van der Waals surface area contributed by atoms with E-state index in [4.69, 9.17) is 0 Å². The quantitative estimate of drug-likeness (QED) is 0.764. The monoisotopic (exact) mass is 264 g/mol. The van der Waals surface area contributed by atoms with Crippen molar-refractivity contribution in [1.29, 1.82) is 0 Å². The summed E-state index contributed by atoms with van der Waals surface area (Å²) in [5.74, 6) is -0.0834. The number of carbonyl (C=O) groups is 1. The highest BCUT2D eigenvalue weighted by molar-refractivity contribution is 6.05.